The van der Waals surface area contributed by atoms with Crippen molar-refractivity contribution in [2.24, 2.45) is 11.0 Å². The number of carbonyl (C=O) groups is 1. The zero-order chi connectivity index (χ0) is 9.84. The van der Waals surface area contributed by atoms with Crippen LogP contribution in [-0.4, -0.2) is 35.2 Å². The maximum absolute atomic E-state index is 10.6. The number of hydrogen-bond donors (Lipinski definition) is 2. The van der Waals surface area contributed by atoms with Crippen LogP contribution in [0.25, 0.3) is 0 Å². The van der Waals surface area contributed by atoms with Gasteiger partial charge >= 0.3 is 6.09 Å². The van der Waals surface area contributed by atoms with E-state index in [0.29, 0.717) is 13.1 Å². The van der Waals surface area contributed by atoms with E-state index in [2.05, 4.69) is 10.0 Å². The van der Waals surface area contributed by atoms with E-state index in [1.807, 2.05) is 6.92 Å². The highest BCUT2D eigenvalue weighted by molar-refractivity contribution is 5.65. The van der Waals surface area contributed by atoms with Gasteiger partial charge in [0.15, 0.2) is 6.04 Å². The van der Waals surface area contributed by atoms with Crippen LogP contribution in [0.1, 0.15) is 13.3 Å². The molecule has 13 heavy (non-hydrogen) atoms. The van der Waals surface area contributed by atoms with Gasteiger partial charge in [0.25, 0.3) is 0 Å². The smallest absolute Gasteiger partial charge is 0.407 e. The Hall–Kier alpha value is -1.42. The molecule has 1 fully saturated rings. The first-order chi connectivity index (χ1) is 6.19. The maximum Gasteiger partial charge on any atom is 0.407 e. The molecule has 0 spiro atoms. The van der Waals surface area contributed by atoms with Crippen LogP contribution in [0.5, 0.6) is 0 Å². The first kappa shape index (κ1) is 9.67. The SMILES string of the molecule is CCC1CN(C(=O)O)CC1N=[N+]=N. The van der Waals surface area contributed by atoms with Gasteiger partial charge in [0.05, 0.1) is 6.54 Å². The second-order valence-corrected chi connectivity index (χ2v) is 3.14. The fourth-order valence-corrected chi connectivity index (χ4v) is 1.62. The highest BCUT2D eigenvalue weighted by atomic mass is 16.4. The topological polar surface area (TPSA) is 90.8 Å². The van der Waals surface area contributed by atoms with E-state index in [1.54, 1.807) is 0 Å². The standard InChI is InChI=1S/C7H12N4O2/c1-2-5-3-11(7(12)13)4-6(5)9-10-8/h5-6,8H,2-4H2,1H3/p+1. The number of hydrogen-bond acceptors (Lipinski definition) is 3. The van der Waals surface area contributed by atoms with Gasteiger partial charge in [-0.25, -0.2) is 4.79 Å². The van der Waals surface area contributed by atoms with Crippen molar-refractivity contribution in [3.63, 3.8) is 0 Å². The van der Waals surface area contributed by atoms with Crippen molar-refractivity contribution in [2.45, 2.75) is 19.4 Å². The van der Waals surface area contributed by atoms with E-state index >= 15 is 0 Å². The maximum atomic E-state index is 10.6. The molecular weight excluding hydrogens is 172 g/mol. The molecular formula is C7H13N4O2+. The summed E-state index contributed by atoms with van der Waals surface area (Å²) < 4.78 is 0. The lowest BCUT2D eigenvalue weighted by molar-refractivity contribution is 0.153. The number of likely N-dealkylation sites (tertiary alicyclic amines) is 1. The van der Waals surface area contributed by atoms with E-state index in [0.717, 1.165) is 6.42 Å². The average molecular weight is 185 g/mol. The Labute approximate surface area is 75.8 Å². The molecule has 1 heterocycles. The molecule has 0 saturated carbocycles. The second-order valence-electron chi connectivity index (χ2n) is 3.14. The molecule has 1 aliphatic heterocycles. The number of carboxylic acid groups (broad SMARTS) is 1. The fourth-order valence-electron chi connectivity index (χ4n) is 1.62. The van der Waals surface area contributed by atoms with Gasteiger partial charge in [0.2, 0.25) is 4.91 Å². The quantitative estimate of drug-likeness (QED) is 0.494. The Morgan fingerprint density at radius 1 is 1.77 bits per heavy atom. The summed E-state index contributed by atoms with van der Waals surface area (Å²) in [5, 5.41) is 12.4. The van der Waals surface area contributed by atoms with Gasteiger partial charge in [-0.15, -0.1) is 0 Å². The van der Waals surface area contributed by atoms with Crippen LogP contribution in [0, 0.1) is 11.4 Å². The minimum absolute atomic E-state index is 0.126. The summed E-state index contributed by atoms with van der Waals surface area (Å²) in [7, 11) is 0. The van der Waals surface area contributed by atoms with Crippen molar-refractivity contribution >= 4 is 6.09 Å². The minimum atomic E-state index is -0.916. The summed E-state index contributed by atoms with van der Waals surface area (Å²) in [6.45, 7) is 2.87. The van der Waals surface area contributed by atoms with Gasteiger partial charge in [-0.1, -0.05) is 6.92 Å². The van der Waals surface area contributed by atoms with E-state index in [1.165, 1.54) is 4.90 Å². The zero-order valence-electron chi connectivity index (χ0n) is 7.47. The molecule has 0 aromatic carbocycles. The highest BCUT2D eigenvalue weighted by Gasteiger charge is 2.37. The third-order valence-corrected chi connectivity index (χ3v) is 2.41. The Kier molecular flexibility index (Phi) is 2.97. The molecule has 2 unspecified atom stereocenters. The summed E-state index contributed by atoms with van der Waals surface area (Å²) in [6.07, 6.45) is -0.0471. The molecule has 2 atom stereocenters. The number of nitrogens with zero attached hydrogens (tertiary/aromatic N) is 3. The van der Waals surface area contributed by atoms with Gasteiger partial charge in [-0.2, -0.15) is 0 Å². The lowest BCUT2D eigenvalue weighted by atomic mass is 10.0. The molecule has 0 aromatic rings. The molecule has 72 valence electrons. The predicted molar refractivity (Wildman–Crippen MR) is 44.4 cm³/mol. The molecule has 6 nitrogen and oxygen atoms in total. The minimum Gasteiger partial charge on any atom is -0.465 e. The third-order valence-electron chi connectivity index (χ3n) is 2.41. The van der Waals surface area contributed by atoms with Crippen LogP contribution in [0.4, 0.5) is 4.79 Å². The highest BCUT2D eigenvalue weighted by Crippen LogP contribution is 2.22. The van der Waals surface area contributed by atoms with Crippen LogP contribution >= 0.6 is 0 Å². The van der Waals surface area contributed by atoms with Gasteiger partial charge < -0.3 is 10.0 Å². The molecule has 1 saturated heterocycles. The zero-order valence-corrected chi connectivity index (χ0v) is 7.47. The largest absolute Gasteiger partial charge is 0.465 e. The molecule has 1 rings (SSSR count). The van der Waals surface area contributed by atoms with Gasteiger partial charge in [-0.3, -0.25) is 0 Å². The van der Waals surface area contributed by atoms with Gasteiger partial charge in [0.1, 0.15) is 10.6 Å². The van der Waals surface area contributed by atoms with Crippen LogP contribution in [0.2, 0.25) is 0 Å². The third kappa shape index (κ3) is 2.03. The lowest BCUT2D eigenvalue weighted by Crippen LogP contribution is -2.27. The van der Waals surface area contributed by atoms with Crippen molar-refractivity contribution in [2.75, 3.05) is 13.1 Å². The average Bonchev–Trinajstić information content (AvgIpc) is 2.48. The molecule has 0 bridgehead atoms. The summed E-state index contributed by atoms with van der Waals surface area (Å²) >= 11 is 0. The van der Waals surface area contributed by atoms with Crippen LogP contribution in [0.3, 0.4) is 0 Å². The molecule has 0 aliphatic carbocycles. The van der Waals surface area contributed by atoms with Crippen molar-refractivity contribution in [3.05, 3.63) is 0 Å². The molecule has 1 aliphatic rings. The van der Waals surface area contributed by atoms with Gasteiger partial charge in [0, 0.05) is 12.5 Å². The Bertz CT molecular complexity index is 249. The normalized spacial score (nSPS) is 27.0. The number of nitrogens with one attached hydrogen (secondary N) is 1. The molecule has 0 radical (unpaired) electrons. The number of rotatable bonds is 2. The van der Waals surface area contributed by atoms with E-state index < -0.39 is 6.09 Å². The van der Waals surface area contributed by atoms with Crippen molar-refractivity contribution in [3.8, 4) is 0 Å². The molecule has 6 heteroatoms. The number of amides is 1. The van der Waals surface area contributed by atoms with Crippen LogP contribution < -0.4 is 4.91 Å². The summed E-state index contributed by atoms with van der Waals surface area (Å²) in [4.78, 5) is 14.9. The van der Waals surface area contributed by atoms with E-state index in [9.17, 15) is 4.79 Å². The summed E-state index contributed by atoms with van der Waals surface area (Å²) in [5.41, 5.74) is 6.60. The molecule has 2 N–H and O–H groups in total. The first-order valence-corrected chi connectivity index (χ1v) is 4.23. The predicted octanol–water partition coefficient (Wildman–Crippen LogP) is 0.925. The van der Waals surface area contributed by atoms with Crippen molar-refractivity contribution < 1.29 is 9.90 Å². The van der Waals surface area contributed by atoms with Crippen molar-refractivity contribution in [1.82, 2.24) is 9.81 Å². The van der Waals surface area contributed by atoms with E-state index in [-0.39, 0.29) is 12.0 Å². The van der Waals surface area contributed by atoms with Crippen LogP contribution in [-0.2, 0) is 0 Å². The van der Waals surface area contributed by atoms with Gasteiger partial charge in [-0.05, 0) is 6.42 Å². The summed E-state index contributed by atoms with van der Waals surface area (Å²) in [6, 6.07) is -0.126. The fraction of sp³-hybridized carbons (Fsp3) is 0.857. The second kappa shape index (κ2) is 4.00. The van der Waals surface area contributed by atoms with Crippen molar-refractivity contribution in [1.29, 1.82) is 5.53 Å². The lowest BCUT2D eigenvalue weighted by Gasteiger charge is -2.09. The Balaban J connectivity index is 2.66. The Morgan fingerprint density at radius 3 is 2.92 bits per heavy atom. The monoisotopic (exact) mass is 185 g/mol. The first-order valence-electron chi connectivity index (χ1n) is 4.23. The van der Waals surface area contributed by atoms with Crippen LogP contribution in [0.15, 0.2) is 5.11 Å². The summed E-state index contributed by atoms with van der Waals surface area (Å²) in [5.74, 6) is 0.213. The molecule has 1 amide bonds. The molecule has 0 aromatic heterocycles. The van der Waals surface area contributed by atoms with E-state index in [4.69, 9.17) is 10.6 Å². The Morgan fingerprint density at radius 2 is 2.46 bits per heavy atom.